The smallest absolute Gasteiger partial charge is 0.338 e. The standard InChI is InChI=1S/C34H43N2O3.HI/c1-36(2,3)31-18-14-17-30(25-31)34(37)38-24-13-8-6-4-5-7-12-22-35-23-21-29-26-32(19-20-33(29)35)39-27-28-15-10-9-11-16-28;/h9-11,14-21,23,25-26H,4-8,12-13,22,24,27H2,1-3H3;1H/q+1;/p-1. The largest absolute Gasteiger partial charge is 1.00 e. The summed E-state index contributed by atoms with van der Waals surface area (Å²) < 4.78 is 14.5. The maximum Gasteiger partial charge on any atom is 0.338 e. The van der Waals surface area contributed by atoms with Gasteiger partial charge in [0.15, 0.2) is 0 Å². The van der Waals surface area contributed by atoms with Crippen LogP contribution in [0.15, 0.2) is 85.1 Å². The van der Waals surface area contributed by atoms with Crippen molar-refractivity contribution >= 4 is 22.6 Å². The van der Waals surface area contributed by atoms with Gasteiger partial charge in [0.2, 0.25) is 0 Å². The minimum atomic E-state index is -0.223. The summed E-state index contributed by atoms with van der Waals surface area (Å²) in [7, 11) is 6.27. The molecule has 0 spiro atoms. The fourth-order valence-electron chi connectivity index (χ4n) is 4.77. The number of aryl methyl sites for hydroxylation is 1. The number of nitrogens with zero attached hydrogens (tertiary/aromatic N) is 2. The zero-order valence-corrected chi connectivity index (χ0v) is 26.3. The van der Waals surface area contributed by atoms with Crippen LogP contribution in [0.3, 0.4) is 0 Å². The molecule has 0 saturated heterocycles. The third kappa shape index (κ3) is 9.66. The molecule has 3 aromatic carbocycles. The van der Waals surface area contributed by atoms with Crippen molar-refractivity contribution in [3.63, 3.8) is 0 Å². The number of ether oxygens (including phenoxy) is 2. The molecule has 1 heterocycles. The number of benzene rings is 3. The normalized spacial score (nSPS) is 11.3. The molecule has 0 saturated carbocycles. The van der Waals surface area contributed by atoms with Crippen molar-refractivity contribution in [2.75, 3.05) is 27.7 Å². The van der Waals surface area contributed by atoms with Crippen molar-refractivity contribution in [2.45, 2.75) is 58.1 Å². The zero-order chi connectivity index (χ0) is 27.5. The van der Waals surface area contributed by atoms with E-state index < -0.39 is 0 Å². The number of unbranched alkanes of at least 4 members (excludes halogenated alkanes) is 6. The molecule has 0 radical (unpaired) electrons. The fraction of sp³-hybridized carbons (Fsp3) is 0.382. The average molecular weight is 655 g/mol. The quantitative estimate of drug-likeness (QED) is 0.0784. The van der Waals surface area contributed by atoms with Crippen molar-refractivity contribution in [3.8, 4) is 5.75 Å². The fourth-order valence-corrected chi connectivity index (χ4v) is 4.77. The van der Waals surface area contributed by atoms with Crippen LogP contribution in [-0.2, 0) is 17.9 Å². The molecule has 0 amide bonds. The Labute approximate surface area is 256 Å². The molecule has 0 N–H and O–H groups in total. The number of hydrogen-bond acceptors (Lipinski definition) is 3. The Morgan fingerprint density at radius 2 is 1.50 bits per heavy atom. The van der Waals surface area contributed by atoms with Crippen LogP contribution in [0.5, 0.6) is 5.75 Å². The van der Waals surface area contributed by atoms with Crippen LogP contribution >= 0.6 is 0 Å². The molecule has 0 bridgehead atoms. The van der Waals surface area contributed by atoms with Crippen LogP contribution in [0, 0.1) is 0 Å². The summed E-state index contributed by atoms with van der Waals surface area (Å²) in [5.74, 6) is 0.687. The molecular formula is C34H43IN2O3. The van der Waals surface area contributed by atoms with Crippen LogP contribution in [0.4, 0.5) is 5.69 Å². The van der Waals surface area contributed by atoms with Crippen molar-refractivity contribution in [2.24, 2.45) is 0 Å². The number of carbonyl (C=O) groups is 1. The average Bonchev–Trinajstić information content (AvgIpc) is 3.35. The third-order valence-electron chi connectivity index (χ3n) is 7.12. The number of carbonyl (C=O) groups excluding carboxylic acids is 1. The van der Waals surface area contributed by atoms with Gasteiger partial charge in [-0.05, 0) is 54.8 Å². The van der Waals surface area contributed by atoms with Crippen LogP contribution in [0.2, 0.25) is 0 Å². The monoisotopic (exact) mass is 654 g/mol. The molecule has 214 valence electrons. The number of fused-ring (bicyclic) bond motifs is 1. The van der Waals surface area contributed by atoms with Gasteiger partial charge in [-0.2, -0.15) is 0 Å². The van der Waals surface area contributed by atoms with E-state index in [9.17, 15) is 4.79 Å². The minimum Gasteiger partial charge on any atom is -1.00 e. The van der Waals surface area contributed by atoms with Crippen LogP contribution in [0.25, 0.3) is 10.9 Å². The highest BCUT2D eigenvalue weighted by atomic mass is 127. The molecule has 0 atom stereocenters. The number of quaternary nitrogens is 1. The lowest BCUT2D eigenvalue weighted by molar-refractivity contribution is -0.0000268. The summed E-state index contributed by atoms with van der Waals surface area (Å²) in [5, 5.41) is 1.22. The van der Waals surface area contributed by atoms with E-state index in [-0.39, 0.29) is 29.9 Å². The summed E-state index contributed by atoms with van der Waals surface area (Å²) in [4.78, 5) is 12.4. The molecule has 1 aromatic heterocycles. The second-order valence-electron chi connectivity index (χ2n) is 11.2. The lowest BCUT2D eigenvalue weighted by Gasteiger charge is -2.23. The highest BCUT2D eigenvalue weighted by molar-refractivity contribution is 5.90. The van der Waals surface area contributed by atoms with Crippen LogP contribution < -0.4 is 33.2 Å². The first kappa shape index (κ1) is 31.7. The summed E-state index contributed by atoms with van der Waals surface area (Å²) in [6.45, 7) is 2.12. The Morgan fingerprint density at radius 1 is 0.775 bits per heavy atom. The molecule has 0 aliphatic carbocycles. The first-order valence-corrected chi connectivity index (χ1v) is 14.2. The summed E-state index contributed by atoms with van der Waals surface area (Å²) in [5.41, 5.74) is 4.16. The van der Waals surface area contributed by atoms with Gasteiger partial charge in [0.25, 0.3) is 0 Å². The maximum atomic E-state index is 12.4. The van der Waals surface area contributed by atoms with E-state index in [1.54, 1.807) is 0 Å². The lowest BCUT2D eigenvalue weighted by Crippen LogP contribution is -3.00. The van der Waals surface area contributed by atoms with E-state index in [1.165, 1.54) is 48.6 Å². The molecule has 0 unspecified atom stereocenters. The number of halogens is 1. The Balaban J connectivity index is 0.00000441. The van der Waals surface area contributed by atoms with Crippen LogP contribution in [0.1, 0.15) is 60.9 Å². The molecule has 0 fully saturated rings. The van der Waals surface area contributed by atoms with E-state index in [4.69, 9.17) is 9.47 Å². The molecule has 4 rings (SSSR count). The molecule has 0 aliphatic rings. The molecule has 5 nitrogen and oxygen atoms in total. The van der Waals surface area contributed by atoms with Gasteiger partial charge in [-0.1, -0.05) is 68.5 Å². The molecule has 4 aromatic rings. The predicted molar refractivity (Wildman–Crippen MR) is 161 cm³/mol. The van der Waals surface area contributed by atoms with Crippen LogP contribution in [-0.4, -0.2) is 38.3 Å². The zero-order valence-electron chi connectivity index (χ0n) is 24.2. The number of rotatable bonds is 15. The highest BCUT2D eigenvalue weighted by Crippen LogP contribution is 2.24. The van der Waals surface area contributed by atoms with Gasteiger partial charge in [-0.25, -0.2) is 4.79 Å². The summed E-state index contributed by atoms with van der Waals surface area (Å²) >= 11 is 0. The van der Waals surface area contributed by atoms with E-state index in [1.807, 2.05) is 42.5 Å². The Hall–Kier alpha value is -2.84. The van der Waals surface area contributed by atoms with Gasteiger partial charge in [0.05, 0.1) is 33.3 Å². The molecule has 6 heteroatoms. The van der Waals surface area contributed by atoms with Gasteiger partial charge in [0, 0.05) is 29.7 Å². The Kier molecular flexibility index (Phi) is 12.5. The first-order chi connectivity index (χ1) is 18.9. The number of aromatic nitrogens is 1. The van der Waals surface area contributed by atoms with Gasteiger partial charge in [-0.3, -0.25) is 4.48 Å². The Morgan fingerprint density at radius 3 is 2.25 bits per heavy atom. The molecule has 40 heavy (non-hydrogen) atoms. The van der Waals surface area contributed by atoms with Gasteiger partial charge in [0.1, 0.15) is 18.0 Å². The van der Waals surface area contributed by atoms with E-state index >= 15 is 0 Å². The second kappa shape index (κ2) is 15.8. The number of esters is 1. The topological polar surface area (TPSA) is 40.5 Å². The molecular weight excluding hydrogens is 611 g/mol. The first-order valence-electron chi connectivity index (χ1n) is 14.2. The third-order valence-corrected chi connectivity index (χ3v) is 7.12. The van der Waals surface area contributed by atoms with Crippen molar-refractivity contribution in [3.05, 3.63) is 96.2 Å². The lowest BCUT2D eigenvalue weighted by atomic mass is 10.1. The van der Waals surface area contributed by atoms with Crippen molar-refractivity contribution in [1.82, 2.24) is 9.05 Å². The number of hydrogen-bond donors (Lipinski definition) is 0. The maximum absolute atomic E-state index is 12.4. The van der Waals surface area contributed by atoms with Crippen molar-refractivity contribution < 1.29 is 38.2 Å². The summed E-state index contributed by atoms with van der Waals surface area (Å²) in [6, 6.07) is 26.5. The van der Waals surface area contributed by atoms with E-state index in [2.05, 4.69) is 68.3 Å². The minimum absolute atomic E-state index is 0. The molecule has 0 aliphatic heterocycles. The van der Waals surface area contributed by atoms with Gasteiger partial charge >= 0.3 is 5.97 Å². The van der Waals surface area contributed by atoms with E-state index in [0.717, 1.165) is 30.8 Å². The SMILES string of the molecule is C[N+](C)(C)c1cccc(C(=O)OCCCCCCCCCn2ccc3cc(OCc4ccccc4)ccc32)c1.[I-]. The van der Waals surface area contributed by atoms with E-state index in [0.29, 0.717) is 23.3 Å². The highest BCUT2D eigenvalue weighted by Gasteiger charge is 2.15. The Bertz CT molecular complexity index is 1330. The van der Waals surface area contributed by atoms with Crippen molar-refractivity contribution in [1.29, 1.82) is 0 Å². The summed E-state index contributed by atoms with van der Waals surface area (Å²) in [6.07, 6.45) is 10.3. The van der Waals surface area contributed by atoms with Gasteiger partial charge in [-0.15, -0.1) is 0 Å². The van der Waals surface area contributed by atoms with Gasteiger partial charge < -0.3 is 38.0 Å². The second-order valence-corrected chi connectivity index (χ2v) is 11.2. The predicted octanol–water partition coefficient (Wildman–Crippen LogP) is 5.01.